The maximum atomic E-state index is 9.89. The average molecular weight is 173 g/mol. The highest BCUT2D eigenvalue weighted by Gasteiger charge is 1.90. The van der Waals surface area contributed by atoms with Crippen molar-refractivity contribution in [2.24, 2.45) is 5.10 Å². The number of tetrazole rings is 1. The van der Waals surface area contributed by atoms with Crippen LogP contribution in [0.4, 0.5) is 0 Å². The van der Waals surface area contributed by atoms with Crippen LogP contribution in [0.25, 0.3) is 0 Å². The third-order valence-corrected chi connectivity index (χ3v) is 0.996. The molecule has 0 aliphatic rings. The molecule has 0 spiro atoms. The van der Waals surface area contributed by atoms with Crippen LogP contribution in [0.3, 0.4) is 0 Å². The summed E-state index contributed by atoms with van der Waals surface area (Å²) >= 11 is 0. The van der Waals surface area contributed by atoms with Crippen LogP contribution in [0.5, 0.6) is 0 Å². The maximum Gasteiger partial charge on any atom is 0.170 e. The predicted molar refractivity (Wildman–Crippen MR) is 33.0 cm³/mol. The first-order valence-electron chi connectivity index (χ1n) is 2.97. The van der Waals surface area contributed by atoms with Crippen LogP contribution in [-0.4, -0.2) is 31.9 Å². The van der Waals surface area contributed by atoms with Crippen LogP contribution in [0.1, 0.15) is 0 Å². The molecule has 0 fully saturated rings. The summed E-state index contributed by atoms with van der Waals surface area (Å²) in [5, 5.41) is 30.1. The molecule has 66 valence electrons. The van der Waals surface area contributed by atoms with E-state index in [9.17, 15) is 10.1 Å². The molecule has 0 saturated heterocycles. The number of nitro groups is 1. The lowest BCUT2D eigenvalue weighted by molar-refractivity contribution is -0.491. The van der Waals surface area contributed by atoms with Gasteiger partial charge in [0.05, 0.1) is 6.61 Å². The number of aromatic nitrogens is 4. The molecule has 9 heteroatoms. The zero-order chi connectivity index (χ0) is 8.97. The van der Waals surface area contributed by atoms with Crippen molar-refractivity contribution >= 4 is 0 Å². The predicted octanol–water partition coefficient (Wildman–Crippen LogP) is -2.68. The molecule has 0 amide bonds. The fraction of sp³-hybridized carbons (Fsp3) is 0.667. The Morgan fingerprint density at radius 3 is 3.17 bits per heavy atom. The van der Waals surface area contributed by atoms with E-state index >= 15 is 0 Å². The van der Waals surface area contributed by atoms with Crippen molar-refractivity contribution in [3.05, 3.63) is 15.7 Å². The molecule has 0 atom stereocenters. The van der Waals surface area contributed by atoms with Gasteiger partial charge in [0.1, 0.15) is 5.03 Å². The monoisotopic (exact) mass is 173 g/mol. The number of hydrogen-bond donors (Lipinski definition) is 1. The minimum atomic E-state index is -0.903. The molecule has 0 bridgehead atoms. The first kappa shape index (κ1) is 8.33. The van der Waals surface area contributed by atoms with E-state index in [-0.39, 0.29) is 18.8 Å². The topological polar surface area (TPSA) is 121 Å². The minimum absolute atomic E-state index is 0.0830. The highest BCUT2D eigenvalue weighted by Crippen LogP contribution is 1.69. The summed E-state index contributed by atoms with van der Waals surface area (Å²) in [7, 11) is 0. The van der Waals surface area contributed by atoms with Crippen LogP contribution < -0.4 is 10.7 Å². The molecule has 0 aliphatic heterocycles. The van der Waals surface area contributed by atoms with E-state index < -0.39 is 5.03 Å². The number of aliphatic hydroxyl groups excluding tert-OH is 1. The fourth-order valence-electron chi connectivity index (χ4n) is 0.584. The van der Waals surface area contributed by atoms with Crippen LogP contribution in [0.15, 0.2) is 5.10 Å². The molecule has 1 aromatic heterocycles. The Kier molecular flexibility index (Phi) is 2.48. The summed E-state index contributed by atoms with van der Waals surface area (Å²) in [6.45, 7) is -0.120. The van der Waals surface area contributed by atoms with Gasteiger partial charge in [-0.15, -0.1) is 5.21 Å². The van der Waals surface area contributed by atoms with Gasteiger partial charge in [-0.05, 0) is 5.10 Å². The molecular weight excluding hydrogens is 168 g/mol. The molecule has 12 heavy (non-hydrogen) atoms. The van der Waals surface area contributed by atoms with E-state index in [2.05, 4.69) is 20.6 Å². The molecule has 0 radical (unpaired) electrons. The van der Waals surface area contributed by atoms with Crippen molar-refractivity contribution < 1.29 is 10.1 Å². The van der Waals surface area contributed by atoms with Crippen LogP contribution in [-0.2, 0) is 6.54 Å². The quantitative estimate of drug-likeness (QED) is 0.392. The van der Waals surface area contributed by atoms with Crippen molar-refractivity contribution in [1.29, 1.82) is 0 Å². The van der Waals surface area contributed by atoms with Gasteiger partial charge in [0.25, 0.3) is 0 Å². The number of hydrogen-bond acceptors (Lipinski definition) is 5. The summed E-state index contributed by atoms with van der Waals surface area (Å²) in [5.74, 6) is 0. The Hall–Kier alpha value is -1.77. The Balaban J connectivity index is 2.98. The SMILES string of the molecule is O=[N+]([O-])/N=c1\[n-]nnn1CCO. The first-order chi connectivity index (χ1) is 5.74. The third-order valence-electron chi connectivity index (χ3n) is 0.996. The van der Waals surface area contributed by atoms with Crippen LogP contribution in [0.2, 0.25) is 0 Å². The lowest BCUT2D eigenvalue weighted by Crippen LogP contribution is -2.24. The summed E-state index contributed by atoms with van der Waals surface area (Å²) in [4.78, 5) is 9.89. The van der Waals surface area contributed by atoms with E-state index in [0.717, 1.165) is 4.68 Å². The smallest absolute Gasteiger partial charge is 0.170 e. The Morgan fingerprint density at radius 2 is 2.58 bits per heavy atom. The molecule has 0 saturated carbocycles. The van der Waals surface area contributed by atoms with Crippen molar-refractivity contribution in [1.82, 2.24) is 20.2 Å². The molecule has 0 aliphatic carbocycles. The number of aliphatic hydroxyl groups is 1. The summed E-state index contributed by atoms with van der Waals surface area (Å²) < 4.78 is 1.03. The van der Waals surface area contributed by atoms with E-state index in [1.165, 1.54) is 0 Å². The molecule has 9 nitrogen and oxygen atoms in total. The van der Waals surface area contributed by atoms with Gasteiger partial charge in [0.2, 0.25) is 0 Å². The second-order valence-corrected chi connectivity index (χ2v) is 1.76. The lowest BCUT2D eigenvalue weighted by Gasteiger charge is -1.98. The molecule has 1 aromatic rings. The van der Waals surface area contributed by atoms with E-state index in [4.69, 9.17) is 5.11 Å². The van der Waals surface area contributed by atoms with Crippen LogP contribution in [0, 0.1) is 10.1 Å². The Bertz CT molecular complexity index is 325. The van der Waals surface area contributed by atoms with Gasteiger partial charge in [-0.3, -0.25) is 0 Å². The third kappa shape index (κ3) is 1.85. The number of rotatable bonds is 3. The molecule has 1 N–H and O–H groups in total. The van der Waals surface area contributed by atoms with Gasteiger partial charge < -0.3 is 9.79 Å². The highest BCUT2D eigenvalue weighted by atomic mass is 16.7. The van der Waals surface area contributed by atoms with E-state index in [1.807, 2.05) is 0 Å². The summed E-state index contributed by atoms with van der Waals surface area (Å²) in [5.41, 5.74) is -0.228. The zero-order valence-corrected chi connectivity index (χ0v) is 5.86. The average Bonchev–Trinajstić information content (AvgIpc) is 2.37. The zero-order valence-electron chi connectivity index (χ0n) is 5.86. The first-order valence-corrected chi connectivity index (χ1v) is 2.97. The fourth-order valence-corrected chi connectivity index (χ4v) is 0.584. The van der Waals surface area contributed by atoms with Crippen molar-refractivity contribution in [3.63, 3.8) is 0 Å². The van der Waals surface area contributed by atoms with Crippen molar-refractivity contribution in [2.45, 2.75) is 6.54 Å². The number of nitrogens with zero attached hydrogens (tertiary/aromatic N) is 6. The lowest BCUT2D eigenvalue weighted by atomic mass is 10.7. The van der Waals surface area contributed by atoms with Gasteiger partial charge in [-0.2, -0.15) is 0 Å². The van der Waals surface area contributed by atoms with E-state index in [1.54, 1.807) is 0 Å². The molecule has 0 unspecified atom stereocenters. The standard InChI is InChI=1S/C3H5N6O3/c10-2-1-8-3(4-6-7-8)5-9(11)12/h10H,1-2H2/q-1. The molecule has 1 rings (SSSR count). The van der Waals surface area contributed by atoms with Crippen molar-refractivity contribution in [2.75, 3.05) is 6.61 Å². The molecular formula is C3H5N6O3-. The Morgan fingerprint density at radius 1 is 1.83 bits per heavy atom. The van der Waals surface area contributed by atoms with Crippen molar-refractivity contribution in [3.8, 4) is 0 Å². The maximum absolute atomic E-state index is 9.89. The van der Waals surface area contributed by atoms with Gasteiger partial charge in [0, 0.05) is 6.54 Å². The van der Waals surface area contributed by atoms with Gasteiger partial charge in [-0.1, -0.05) is 0 Å². The second-order valence-electron chi connectivity index (χ2n) is 1.76. The molecule has 1 heterocycles. The van der Waals surface area contributed by atoms with Gasteiger partial charge in [-0.25, -0.2) is 20.4 Å². The second kappa shape index (κ2) is 3.57. The normalized spacial score (nSPS) is 11.9. The summed E-state index contributed by atoms with van der Waals surface area (Å²) in [6, 6.07) is 0. The highest BCUT2D eigenvalue weighted by molar-refractivity contribution is 4.46. The van der Waals surface area contributed by atoms with Crippen LogP contribution >= 0.6 is 0 Å². The van der Waals surface area contributed by atoms with Gasteiger partial charge in [0.15, 0.2) is 5.62 Å². The van der Waals surface area contributed by atoms with E-state index in [0.29, 0.717) is 0 Å². The largest absolute Gasteiger partial charge is 0.396 e. The van der Waals surface area contributed by atoms with Gasteiger partial charge >= 0.3 is 0 Å². The summed E-state index contributed by atoms with van der Waals surface area (Å²) in [6.07, 6.45) is 0. The Labute approximate surface area is 65.5 Å². The minimum Gasteiger partial charge on any atom is -0.396 e. The molecule has 0 aromatic carbocycles.